The van der Waals surface area contributed by atoms with Gasteiger partial charge >= 0.3 is 0 Å². The summed E-state index contributed by atoms with van der Waals surface area (Å²) in [5.74, 6) is 1.51. The van der Waals surface area contributed by atoms with Gasteiger partial charge in [-0.25, -0.2) is 4.98 Å². The zero-order valence-electron chi connectivity index (χ0n) is 10.6. The minimum atomic E-state index is 0.519. The smallest absolute Gasteiger partial charge is 0.146 e. The molecule has 90 valence electrons. The van der Waals surface area contributed by atoms with Gasteiger partial charge in [0.15, 0.2) is 0 Å². The van der Waals surface area contributed by atoms with Gasteiger partial charge in [0.2, 0.25) is 0 Å². The lowest BCUT2D eigenvalue weighted by Gasteiger charge is -2.37. The molecule has 1 aromatic heterocycles. The van der Waals surface area contributed by atoms with E-state index in [1.165, 1.54) is 25.7 Å². The minimum absolute atomic E-state index is 0.519. The van der Waals surface area contributed by atoms with Crippen LogP contribution in [0.5, 0.6) is 0 Å². The van der Waals surface area contributed by atoms with Gasteiger partial charge in [0, 0.05) is 19.3 Å². The maximum Gasteiger partial charge on any atom is 0.146 e. The Morgan fingerprint density at radius 1 is 1.41 bits per heavy atom. The fraction of sp³-hybridized carbons (Fsp3) is 0.571. The van der Waals surface area contributed by atoms with Crippen molar-refractivity contribution >= 4 is 5.82 Å². The van der Waals surface area contributed by atoms with Gasteiger partial charge in [0.25, 0.3) is 0 Å². The molecule has 0 aliphatic heterocycles. The first-order valence-electron chi connectivity index (χ1n) is 6.32. The largest absolute Gasteiger partial charge is 0.355 e. The van der Waals surface area contributed by atoms with Gasteiger partial charge in [-0.05, 0) is 30.9 Å². The van der Waals surface area contributed by atoms with Gasteiger partial charge in [-0.3, -0.25) is 0 Å². The first-order valence-corrected chi connectivity index (χ1v) is 6.32. The van der Waals surface area contributed by atoms with Crippen molar-refractivity contribution in [1.82, 2.24) is 4.98 Å². The van der Waals surface area contributed by atoms with Crippen LogP contribution in [-0.4, -0.2) is 18.1 Å². The Balaban J connectivity index is 2.24. The Morgan fingerprint density at radius 3 is 2.88 bits per heavy atom. The molecule has 1 aliphatic rings. The minimum Gasteiger partial charge on any atom is -0.355 e. The molecule has 0 amide bonds. The average Bonchev–Trinajstić information content (AvgIpc) is 2.38. The molecule has 2 rings (SSSR count). The predicted molar refractivity (Wildman–Crippen MR) is 68.8 cm³/mol. The Hall–Kier alpha value is -1.56. The molecular formula is C14H19N3. The van der Waals surface area contributed by atoms with Crippen LogP contribution in [0.1, 0.15) is 38.2 Å². The second-order valence-electron chi connectivity index (χ2n) is 4.93. The lowest BCUT2D eigenvalue weighted by Crippen LogP contribution is -2.39. The number of hydrogen-bond acceptors (Lipinski definition) is 3. The Labute approximate surface area is 103 Å². The maximum atomic E-state index is 9.11. The van der Waals surface area contributed by atoms with E-state index in [4.69, 9.17) is 5.26 Å². The molecule has 17 heavy (non-hydrogen) atoms. The van der Waals surface area contributed by atoms with Gasteiger partial charge in [-0.2, -0.15) is 5.26 Å². The summed E-state index contributed by atoms with van der Waals surface area (Å²) in [6.07, 6.45) is 6.87. The summed E-state index contributed by atoms with van der Waals surface area (Å²) in [5, 5.41) is 9.11. The Bertz CT molecular complexity index is 422. The van der Waals surface area contributed by atoms with Crippen LogP contribution in [0.2, 0.25) is 0 Å². The van der Waals surface area contributed by atoms with Crippen molar-refractivity contribution in [2.24, 2.45) is 5.92 Å². The number of hydrogen-bond donors (Lipinski definition) is 0. The third-order valence-corrected chi connectivity index (χ3v) is 3.80. The predicted octanol–water partition coefficient (Wildman–Crippen LogP) is 2.97. The summed E-state index contributed by atoms with van der Waals surface area (Å²) in [5.41, 5.74) is 0.674. The van der Waals surface area contributed by atoms with Gasteiger partial charge in [0.05, 0.1) is 5.56 Å². The maximum absolute atomic E-state index is 9.11. The fourth-order valence-corrected chi connectivity index (χ4v) is 2.79. The Morgan fingerprint density at radius 2 is 2.18 bits per heavy atom. The molecule has 1 saturated carbocycles. The summed E-state index contributed by atoms with van der Waals surface area (Å²) >= 11 is 0. The van der Waals surface area contributed by atoms with Gasteiger partial charge in [-0.15, -0.1) is 0 Å². The molecule has 0 radical (unpaired) electrons. The molecular weight excluding hydrogens is 210 g/mol. The normalized spacial score (nSPS) is 24.1. The highest BCUT2D eigenvalue weighted by atomic mass is 15.2. The highest BCUT2D eigenvalue weighted by Crippen LogP contribution is 2.30. The van der Waals surface area contributed by atoms with E-state index < -0.39 is 0 Å². The van der Waals surface area contributed by atoms with Crippen LogP contribution in [0.15, 0.2) is 18.3 Å². The molecule has 0 spiro atoms. The summed E-state index contributed by atoms with van der Waals surface area (Å²) in [7, 11) is 2.07. The first-order chi connectivity index (χ1) is 8.24. The second kappa shape index (κ2) is 5.18. The molecule has 2 unspecified atom stereocenters. The van der Waals surface area contributed by atoms with Crippen molar-refractivity contribution in [3.05, 3.63) is 23.9 Å². The van der Waals surface area contributed by atoms with Crippen LogP contribution in [0.4, 0.5) is 5.82 Å². The van der Waals surface area contributed by atoms with E-state index in [0.717, 1.165) is 5.82 Å². The monoisotopic (exact) mass is 229 g/mol. The fourth-order valence-electron chi connectivity index (χ4n) is 2.79. The number of pyridine rings is 1. The molecule has 1 aliphatic carbocycles. The summed E-state index contributed by atoms with van der Waals surface area (Å²) in [4.78, 5) is 6.56. The van der Waals surface area contributed by atoms with Crippen LogP contribution >= 0.6 is 0 Å². The van der Waals surface area contributed by atoms with Crippen LogP contribution in [0, 0.1) is 17.2 Å². The Kier molecular flexibility index (Phi) is 3.63. The summed E-state index contributed by atoms with van der Waals surface area (Å²) in [6, 6.07) is 6.40. The molecule has 1 aromatic rings. The van der Waals surface area contributed by atoms with E-state index in [2.05, 4.69) is 29.9 Å². The molecule has 2 atom stereocenters. The van der Waals surface area contributed by atoms with E-state index in [-0.39, 0.29) is 0 Å². The van der Waals surface area contributed by atoms with E-state index >= 15 is 0 Å². The molecule has 3 nitrogen and oxygen atoms in total. The van der Waals surface area contributed by atoms with Crippen LogP contribution in [0.25, 0.3) is 0 Å². The third kappa shape index (κ3) is 2.41. The molecule has 0 saturated heterocycles. The molecule has 0 aromatic carbocycles. The topological polar surface area (TPSA) is 39.9 Å². The number of aromatic nitrogens is 1. The number of nitrogens with zero attached hydrogens (tertiary/aromatic N) is 3. The molecule has 0 bridgehead atoms. The number of anilines is 1. The quantitative estimate of drug-likeness (QED) is 0.782. The molecule has 1 fully saturated rings. The van der Waals surface area contributed by atoms with Crippen LogP contribution < -0.4 is 4.90 Å². The van der Waals surface area contributed by atoms with E-state index in [0.29, 0.717) is 17.5 Å². The molecule has 1 heterocycles. The number of rotatable bonds is 2. The van der Waals surface area contributed by atoms with Crippen LogP contribution in [-0.2, 0) is 0 Å². The van der Waals surface area contributed by atoms with Crippen molar-refractivity contribution in [3.63, 3.8) is 0 Å². The van der Waals surface area contributed by atoms with E-state index in [9.17, 15) is 0 Å². The van der Waals surface area contributed by atoms with Crippen molar-refractivity contribution in [2.45, 2.75) is 38.6 Å². The molecule has 3 heteroatoms. The molecule has 0 N–H and O–H groups in total. The summed E-state index contributed by atoms with van der Waals surface area (Å²) in [6.45, 7) is 2.30. The summed E-state index contributed by atoms with van der Waals surface area (Å²) < 4.78 is 0. The number of nitriles is 1. The second-order valence-corrected chi connectivity index (χ2v) is 4.93. The average molecular weight is 229 g/mol. The van der Waals surface area contributed by atoms with Gasteiger partial charge < -0.3 is 4.90 Å². The SMILES string of the molecule is CC1CCCCC1N(C)c1ncccc1C#N. The van der Waals surface area contributed by atoms with Gasteiger partial charge in [-0.1, -0.05) is 19.8 Å². The zero-order valence-corrected chi connectivity index (χ0v) is 10.6. The van der Waals surface area contributed by atoms with Crippen molar-refractivity contribution in [2.75, 3.05) is 11.9 Å². The lowest BCUT2D eigenvalue weighted by molar-refractivity contribution is 0.320. The van der Waals surface area contributed by atoms with E-state index in [1.54, 1.807) is 6.20 Å². The van der Waals surface area contributed by atoms with Crippen molar-refractivity contribution in [3.8, 4) is 6.07 Å². The van der Waals surface area contributed by atoms with Crippen molar-refractivity contribution < 1.29 is 0 Å². The third-order valence-electron chi connectivity index (χ3n) is 3.80. The first kappa shape index (κ1) is 11.9. The van der Waals surface area contributed by atoms with Crippen molar-refractivity contribution in [1.29, 1.82) is 5.26 Å². The highest BCUT2D eigenvalue weighted by molar-refractivity contribution is 5.53. The van der Waals surface area contributed by atoms with Crippen LogP contribution in [0.3, 0.4) is 0 Å². The zero-order chi connectivity index (χ0) is 12.3. The van der Waals surface area contributed by atoms with E-state index in [1.807, 2.05) is 12.1 Å². The standard InChI is InChI=1S/C14H19N3/c1-11-6-3-4-8-13(11)17(2)14-12(10-15)7-5-9-16-14/h5,7,9,11,13H,3-4,6,8H2,1-2H3. The highest BCUT2D eigenvalue weighted by Gasteiger charge is 2.26. The lowest BCUT2D eigenvalue weighted by atomic mass is 9.85. The van der Waals surface area contributed by atoms with Gasteiger partial charge in [0.1, 0.15) is 11.9 Å².